The molecule has 0 fully saturated rings. The van der Waals surface area contributed by atoms with E-state index in [9.17, 15) is 0 Å². The molecule has 2 aromatic heterocycles. The van der Waals surface area contributed by atoms with Gasteiger partial charge in [-0.25, -0.2) is 4.98 Å². The van der Waals surface area contributed by atoms with Crippen LogP contribution in [-0.4, -0.2) is 16.0 Å². The third-order valence-electron chi connectivity index (χ3n) is 3.22. The van der Waals surface area contributed by atoms with Gasteiger partial charge in [0.05, 0.1) is 24.6 Å². The van der Waals surface area contributed by atoms with Crippen LogP contribution in [0, 0.1) is 0 Å². The van der Waals surface area contributed by atoms with Gasteiger partial charge in [0, 0.05) is 12.6 Å². The first kappa shape index (κ1) is 9.85. The van der Waals surface area contributed by atoms with Gasteiger partial charge in [-0.3, -0.25) is 0 Å². The summed E-state index contributed by atoms with van der Waals surface area (Å²) >= 11 is 0. The number of hydrogen-bond donors (Lipinski definition) is 0. The van der Waals surface area contributed by atoms with Crippen molar-refractivity contribution in [1.82, 2.24) is 9.38 Å². The minimum Gasteiger partial charge on any atom is -0.375 e. The van der Waals surface area contributed by atoms with E-state index in [0.717, 1.165) is 18.7 Å². The van der Waals surface area contributed by atoms with Crippen LogP contribution >= 0.6 is 0 Å². The average Bonchev–Trinajstić information content (AvgIpc) is 2.66. The molecule has 0 unspecified atom stereocenters. The molecule has 0 amide bonds. The second-order valence-corrected chi connectivity index (χ2v) is 4.65. The lowest BCUT2D eigenvalue weighted by molar-refractivity contribution is 0.106. The molecule has 0 saturated carbocycles. The Kier molecular flexibility index (Phi) is 2.21. The van der Waals surface area contributed by atoms with Gasteiger partial charge in [0.1, 0.15) is 5.65 Å². The quantitative estimate of drug-likeness (QED) is 0.732. The highest BCUT2D eigenvalue weighted by molar-refractivity contribution is 5.46. The third kappa shape index (κ3) is 1.43. The Morgan fingerprint density at radius 1 is 1.44 bits per heavy atom. The summed E-state index contributed by atoms with van der Waals surface area (Å²) < 4.78 is 7.63. The number of fused-ring (bicyclic) bond motifs is 3. The van der Waals surface area contributed by atoms with Crippen molar-refractivity contribution in [2.75, 3.05) is 6.61 Å². The third-order valence-corrected chi connectivity index (χ3v) is 3.22. The van der Waals surface area contributed by atoms with Crippen molar-refractivity contribution in [1.29, 1.82) is 0 Å². The lowest BCUT2D eigenvalue weighted by Crippen LogP contribution is -2.10. The van der Waals surface area contributed by atoms with Gasteiger partial charge in [-0.2, -0.15) is 0 Å². The molecule has 3 rings (SSSR count). The lowest BCUT2D eigenvalue weighted by Gasteiger charge is -2.11. The Balaban J connectivity index is 2.19. The van der Waals surface area contributed by atoms with Crippen LogP contribution in [0.1, 0.15) is 36.7 Å². The molecule has 0 bridgehead atoms. The van der Waals surface area contributed by atoms with Gasteiger partial charge in [-0.1, -0.05) is 13.8 Å². The molecular formula is C13H16N2O. The monoisotopic (exact) mass is 216 g/mol. The van der Waals surface area contributed by atoms with Crippen molar-refractivity contribution >= 4 is 5.65 Å². The standard InChI is InChI=1S/C13H16N2O/c1-9(2)10-3-5-15-12-8-16-6-4-11(12)14-13(15)7-10/h3,5,7,9H,4,6,8H2,1-2H3. The highest BCUT2D eigenvalue weighted by atomic mass is 16.5. The van der Waals surface area contributed by atoms with E-state index in [1.165, 1.54) is 17.0 Å². The Hall–Kier alpha value is -1.35. The molecule has 2 aromatic rings. The highest BCUT2D eigenvalue weighted by Gasteiger charge is 2.16. The van der Waals surface area contributed by atoms with Gasteiger partial charge in [-0.15, -0.1) is 0 Å². The summed E-state index contributed by atoms with van der Waals surface area (Å²) in [5.74, 6) is 0.551. The van der Waals surface area contributed by atoms with Crippen molar-refractivity contribution in [2.24, 2.45) is 0 Å². The van der Waals surface area contributed by atoms with E-state index in [1.54, 1.807) is 0 Å². The van der Waals surface area contributed by atoms with E-state index in [0.29, 0.717) is 12.5 Å². The van der Waals surface area contributed by atoms with Crippen LogP contribution in [0.15, 0.2) is 18.3 Å². The van der Waals surface area contributed by atoms with Gasteiger partial charge in [0.25, 0.3) is 0 Å². The number of imidazole rings is 1. The number of rotatable bonds is 1. The fourth-order valence-electron chi connectivity index (χ4n) is 2.21. The van der Waals surface area contributed by atoms with Crippen LogP contribution in [0.5, 0.6) is 0 Å². The van der Waals surface area contributed by atoms with E-state index in [1.807, 2.05) is 0 Å². The molecule has 1 aliphatic rings. The Morgan fingerprint density at radius 2 is 2.31 bits per heavy atom. The summed E-state index contributed by atoms with van der Waals surface area (Å²) in [6.07, 6.45) is 3.05. The zero-order valence-corrected chi connectivity index (χ0v) is 9.73. The molecule has 3 heteroatoms. The van der Waals surface area contributed by atoms with Gasteiger partial charge in [0.2, 0.25) is 0 Å². The second-order valence-electron chi connectivity index (χ2n) is 4.65. The highest BCUT2D eigenvalue weighted by Crippen LogP contribution is 2.21. The topological polar surface area (TPSA) is 26.5 Å². The van der Waals surface area contributed by atoms with Crippen LogP contribution in [-0.2, 0) is 17.8 Å². The van der Waals surface area contributed by atoms with Crippen LogP contribution in [0.25, 0.3) is 5.65 Å². The maximum absolute atomic E-state index is 5.48. The molecular weight excluding hydrogens is 200 g/mol. The molecule has 0 saturated heterocycles. The van der Waals surface area contributed by atoms with E-state index < -0.39 is 0 Å². The van der Waals surface area contributed by atoms with Crippen molar-refractivity contribution < 1.29 is 4.74 Å². The molecule has 0 radical (unpaired) electrons. The number of aromatic nitrogens is 2. The smallest absolute Gasteiger partial charge is 0.137 e. The second kappa shape index (κ2) is 3.59. The average molecular weight is 216 g/mol. The molecule has 0 spiro atoms. The zero-order valence-electron chi connectivity index (χ0n) is 9.73. The van der Waals surface area contributed by atoms with E-state index in [-0.39, 0.29) is 0 Å². The molecule has 0 N–H and O–H groups in total. The molecule has 0 aliphatic carbocycles. The lowest BCUT2D eigenvalue weighted by atomic mass is 10.1. The van der Waals surface area contributed by atoms with Gasteiger partial charge in [-0.05, 0) is 23.6 Å². The van der Waals surface area contributed by atoms with Crippen LogP contribution in [0.4, 0.5) is 0 Å². The first-order valence-corrected chi connectivity index (χ1v) is 5.83. The maximum Gasteiger partial charge on any atom is 0.137 e. The van der Waals surface area contributed by atoms with Crippen LogP contribution < -0.4 is 0 Å². The normalized spacial score (nSPS) is 15.7. The van der Waals surface area contributed by atoms with Crippen molar-refractivity contribution in [2.45, 2.75) is 32.8 Å². The van der Waals surface area contributed by atoms with E-state index in [2.05, 4.69) is 41.6 Å². The predicted molar refractivity (Wildman–Crippen MR) is 62.6 cm³/mol. The van der Waals surface area contributed by atoms with Crippen molar-refractivity contribution in [3.05, 3.63) is 35.3 Å². The Bertz CT molecular complexity index is 528. The first-order valence-electron chi connectivity index (χ1n) is 5.83. The molecule has 1 aliphatic heterocycles. The fraction of sp³-hybridized carbons (Fsp3) is 0.462. The van der Waals surface area contributed by atoms with E-state index >= 15 is 0 Å². The summed E-state index contributed by atoms with van der Waals surface area (Å²) in [5, 5.41) is 0. The number of nitrogens with zero attached hydrogens (tertiary/aromatic N) is 2. The number of pyridine rings is 1. The van der Waals surface area contributed by atoms with Gasteiger partial charge >= 0.3 is 0 Å². The molecule has 84 valence electrons. The largest absolute Gasteiger partial charge is 0.375 e. The molecule has 0 aromatic carbocycles. The molecule has 3 nitrogen and oxygen atoms in total. The van der Waals surface area contributed by atoms with E-state index in [4.69, 9.17) is 4.74 Å². The predicted octanol–water partition coefficient (Wildman–Crippen LogP) is 2.53. The SMILES string of the molecule is CC(C)c1ccn2c3c(nc2c1)CCOC3. The van der Waals surface area contributed by atoms with Crippen LogP contribution in [0.3, 0.4) is 0 Å². The van der Waals surface area contributed by atoms with Crippen molar-refractivity contribution in [3.8, 4) is 0 Å². The Morgan fingerprint density at radius 3 is 3.12 bits per heavy atom. The summed E-state index contributed by atoms with van der Waals surface area (Å²) in [6, 6.07) is 4.36. The minimum absolute atomic E-state index is 0.551. The summed E-state index contributed by atoms with van der Waals surface area (Å²) in [7, 11) is 0. The summed E-state index contributed by atoms with van der Waals surface area (Å²) in [6.45, 7) is 5.90. The molecule has 3 heterocycles. The van der Waals surface area contributed by atoms with Gasteiger partial charge < -0.3 is 9.14 Å². The maximum atomic E-state index is 5.48. The zero-order chi connectivity index (χ0) is 11.1. The van der Waals surface area contributed by atoms with Gasteiger partial charge in [0.15, 0.2) is 0 Å². The summed E-state index contributed by atoms with van der Waals surface area (Å²) in [4.78, 5) is 4.68. The number of ether oxygens (including phenoxy) is 1. The first-order chi connectivity index (χ1) is 7.75. The minimum atomic E-state index is 0.551. The number of hydrogen-bond acceptors (Lipinski definition) is 2. The van der Waals surface area contributed by atoms with Crippen LogP contribution in [0.2, 0.25) is 0 Å². The fourth-order valence-corrected chi connectivity index (χ4v) is 2.21. The molecule has 0 atom stereocenters. The summed E-state index contributed by atoms with van der Waals surface area (Å²) in [5.41, 5.74) is 4.82. The van der Waals surface area contributed by atoms with Crippen molar-refractivity contribution in [3.63, 3.8) is 0 Å². The molecule has 16 heavy (non-hydrogen) atoms. The Labute approximate surface area is 95.1 Å².